The molecular weight excluding hydrogens is 414 g/mol. The SMILES string of the molecule is CCSc1ncc2c(Nc3cc(C)cc(Sc4cccc(OC)c4)c3)ncnc2n1. The summed E-state index contributed by atoms with van der Waals surface area (Å²) in [5.41, 5.74) is 2.74. The van der Waals surface area contributed by atoms with Gasteiger partial charge in [-0.15, -0.1) is 0 Å². The molecule has 0 amide bonds. The summed E-state index contributed by atoms with van der Waals surface area (Å²) < 4.78 is 5.33. The number of aromatic nitrogens is 4. The van der Waals surface area contributed by atoms with Crippen molar-refractivity contribution < 1.29 is 4.74 Å². The first-order chi connectivity index (χ1) is 14.6. The van der Waals surface area contributed by atoms with Crippen molar-refractivity contribution in [3.05, 3.63) is 60.6 Å². The highest BCUT2D eigenvalue weighted by molar-refractivity contribution is 7.99. The minimum atomic E-state index is 0.636. The first-order valence-electron chi connectivity index (χ1n) is 9.46. The van der Waals surface area contributed by atoms with Crippen LogP contribution in [0.5, 0.6) is 5.75 Å². The molecule has 0 saturated carbocycles. The van der Waals surface area contributed by atoms with Crippen molar-refractivity contribution in [2.24, 2.45) is 0 Å². The van der Waals surface area contributed by atoms with Crippen LogP contribution in [0.4, 0.5) is 11.5 Å². The van der Waals surface area contributed by atoms with Crippen LogP contribution in [0.15, 0.2) is 69.9 Å². The number of nitrogens with one attached hydrogen (secondary N) is 1. The second-order valence-electron chi connectivity index (χ2n) is 6.49. The highest BCUT2D eigenvalue weighted by Gasteiger charge is 2.09. The van der Waals surface area contributed by atoms with Gasteiger partial charge in [0.2, 0.25) is 0 Å². The highest BCUT2D eigenvalue weighted by atomic mass is 32.2. The summed E-state index contributed by atoms with van der Waals surface area (Å²) in [5, 5.41) is 4.93. The lowest BCUT2D eigenvalue weighted by molar-refractivity contribution is 0.413. The molecule has 1 N–H and O–H groups in total. The predicted molar refractivity (Wildman–Crippen MR) is 123 cm³/mol. The lowest BCUT2D eigenvalue weighted by Crippen LogP contribution is -1.99. The van der Waals surface area contributed by atoms with Gasteiger partial charge in [0.1, 0.15) is 17.9 Å². The van der Waals surface area contributed by atoms with E-state index in [2.05, 4.69) is 63.4 Å². The van der Waals surface area contributed by atoms with E-state index >= 15 is 0 Å². The summed E-state index contributed by atoms with van der Waals surface area (Å²) in [7, 11) is 1.68. The minimum absolute atomic E-state index is 0.636. The number of methoxy groups -OCH3 is 1. The molecule has 0 atom stereocenters. The Morgan fingerprint density at radius 1 is 1.03 bits per heavy atom. The van der Waals surface area contributed by atoms with Gasteiger partial charge in [-0.2, -0.15) is 0 Å². The molecule has 6 nitrogen and oxygen atoms in total. The van der Waals surface area contributed by atoms with E-state index in [4.69, 9.17) is 4.74 Å². The van der Waals surface area contributed by atoms with E-state index < -0.39 is 0 Å². The van der Waals surface area contributed by atoms with Crippen LogP contribution >= 0.6 is 23.5 Å². The highest BCUT2D eigenvalue weighted by Crippen LogP contribution is 2.33. The molecule has 152 valence electrons. The number of fused-ring (bicyclic) bond motifs is 1. The Morgan fingerprint density at radius 2 is 1.93 bits per heavy atom. The molecule has 0 unspecified atom stereocenters. The molecule has 0 radical (unpaired) electrons. The molecule has 0 saturated heterocycles. The molecule has 2 heterocycles. The lowest BCUT2D eigenvalue weighted by atomic mass is 10.2. The molecule has 0 aliphatic rings. The number of hydrogen-bond acceptors (Lipinski definition) is 8. The van der Waals surface area contributed by atoms with Gasteiger partial charge in [-0.25, -0.2) is 19.9 Å². The lowest BCUT2D eigenvalue weighted by Gasteiger charge is -2.11. The van der Waals surface area contributed by atoms with Gasteiger partial charge in [0.25, 0.3) is 0 Å². The third kappa shape index (κ3) is 4.83. The summed E-state index contributed by atoms with van der Waals surface area (Å²) in [5.74, 6) is 2.45. The fourth-order valence-electron chi connectivity index (χ4n) is 2.95. The van der Waals surface area contributed by atoms with E-state index in [0.717, 1.165) is 43.1 Å². The fourth-order valence-corrected chi connectivity index (χ4v) is 4.51. The van der Waals surface area contributed by atoms with Gasteiger partial charge in [-0.05, 0) is 54.6 Å². The Kier molecular flexibility index (Phi) is 6.35. The van der Waals surface area contributed by atoms with Gasteiger partial charge in [-0.3, -0.25) is 0 Å². The average Bonchev–Trinajstić information content (AvgIpc) is 2.74. The molecule has 8 heteroatoms. The topological polar surface area (TPSA) is 72.8 Å². The average molecular weight is 436 g/mol. The predicted octanol–water partition coefficient (Wildman–Crippen LogP) is 5.74. The van der Waals surface area contributed by atoms with Crippen LogP contribution in [0.2, 0.25) is 0 Å². The zero-order valence-corrected chi connectivity index (χ0v) is 18.5. The van der Waals surface area contributed by atoms with Crippen molar-refractivity contribution in [2.75, 3.05) is 18.2 Å². The minimum Gasteiger partial charge on any atom is -0.497 e. The molecular formula is C22H21N5OS2. The smallest absolute Gasteiger partial charge is 0.189 e. The molecule has 4 rings (SSSR count). The molecule has 0 spiro atoms. The van der Waals surface area contributed by atoms with Crippen LogP contribution < -0.4 is 10.1 Å². The Hall–Kier alpha value is -2.84. The van der Waals surface area contributed by atoms with Crippen molar-refractivity contribution in [1.29, 1.82) is 0 Å². The number of thioether (sulfide) groups is 1. The molecule has 0 fully saturated rings. The van der Waals surface area contributed by atoms with Gasteiger partial charge in [0.15, 0.2) is 10.8 Å². The Morgan fingerprint density at radius 3 is 2.77 bits per heavy atom. The third-order valence-electron chi connectivity index (χ3n) is 4.23. The van der Waals surface area contributed by atoms with E-state index in [-0.39, 0.29) is 0 Å². The maximum atomic E-state index is 5.33. The number of aryl methyl sites for hydroxylation is 1. The summed E-state index contributed by atoms with van der Waals surface area (Å²) in [4.78, 5) is 19.9. The summed E-state index contributed by atoms with van der Waals surface area (Å²) >= 11 is 3.28. The molecule has 2 aromatic heterocycles. The van der Waals surface area contributed by atoms with Crippen molar-refractivity contribution in [2.45, 2.75) is 28.8 Å². The first kappa shape index (κ1) is 20.4. The van der Waals surface area contributed by atoms with Crippen LogP contribution in [0.1, 0.15) is 12.5 Å². The number of nitrogens with zero attached hydrogens (tertiary/aromatic N) is 4. The van der Waals surface area contributed by atoms with Crippen molar-refractivity contribution in [3.8, 4) is 5.75 Å². The van der Waals surface area contributed by atoms with Crippen LogP contribution in [0, 0.1) is 6.92 Å². The van der Waals surface area contributed by atoms with Crippen molar-refractivity contribution >= 4 is 46.1 Å². The van der Waals surface area contributed by atoms with Crippen LogP contribution in [-0.4, -0.2) is 32.8 Å². The van der Waals surface area contributed by atoms with Crippen molar-refractivity contribution in [1.82, 2.24) is 19.9 Å². The molecule has 0 aliphatic heterocycles. The number of benzene rings is 2. The number of ether oxygens (including phenoxy) is 1. The van der Waals surface area contributed by atoms with Crippen LogP contribution in [-0.2, 0) is 0 Å². The van der Waals surface area contributed by atoms with Crippen LogP contribution in [0.3, 0.4) is 0 Å². The van der Waals surface area contributed by atoms with Crippen molar-refractivity contribution in [3.63, 3.8) is 0 Å². The maximum Gasteiger partial charge on any atom is 0.189 e. The Labute approximate surface area is 183 Å². The standard InChI is InChI=1S/C22H21N5OS2/c1-4-29-22-23-12-19-20(24-13-25-21(19)27-22)26-15-8-14(2)9-18(10-15)30-17-7-5-6-16(11-17)28-3/h5-13H,4H2,1-3H3,(H,23,24,25,26,27). The monoisotopic (exact) mass is 435 g/mol. The zero-order valence-electron chi connectivity index (χ0n) is 16.9. The van der Waals surface area contributed by atoms with E-state index in [0.29, 0.717) is 11.5 Å². The van der Waals surface area contributed by atoms with Gasteiger partial charge >= 0.3 is 0 Å². The molecule has 2 aromatic carbocycles. The van der Waals surface area contributed by atoms with Gasteiger partial charge < -0.3 is 10.1 Å². The second-order valence-corrected chi connectivity index (χ2v) is 8.86. The van der Waals surface area contributed by atoms with Gasteiger partial charge in [0, 0.05) is 21.7 Å². The molecule has 0 aliphatic carbocycles. The van der Waals surface area contributed by atoms with Gasteiger partial charge in [-0.1, -0.05) is 36.5 Å². The third-order valence-corrected chi connectivity index (χ3v) is 5.94. The van der Waals surface area contributed by atoms with E-state index in [1.807, 2.05) is 18.2 Å². The Bertz CT molecular complexity index is 1190. The van der Waals surface area contributed by atoms with E-state index in [1.54, 1.807) is 36.8 Å². The zero-order chi connectivity index (χ0) is 20.9. The largest absolute Gasteiger partial charge is 0.497 e. The molecule has 0 bridgehead atoms. The quantitative estimate of drug-likeness (QED) is 0.291. The fraction of sp³-hybridized carbons (Fsp3) is 0.182. The maximum absolute atomic E-state index is 5.33. The van der Waals surface area contributed by atoms with Gasteiger partial charge in [0.05, 0.1) is 12.5 Å². The molecule has 4 aromatic rings. The second kappa shape index (κ2) is 9.32. The summed E-state index contributed by atoms with van der Waals surface area (Å²) in [6.45, 7) is 4.15. The summed E-state index contributed by atoms with van der Waals surface area (Å²) in [6.07, 6.45) is 3.31. The van der Waals surface area contributed by atoms with E-state index in [9.17, 15) is 0 Å². The van der Waals surface area contributed by atoms with Crippen LogP contribution in [0.25, 0.3) is 11.0 Å². The molecule has 30 heavy (non-hydrogen) atoms. The van der Waals surface area contributed by atoms with E-state index in [1.165, 1.54) is 6.33 Å². The number of anilines is 2. The summed E-state index contributed by atoms with van der Waals surface area (Å²) in [6, 6.07) is 14.4. The number of hydrogen-bond donors (Lipinski definition) is 1. The Balaban J connectivity index is 1.62. The first-order valence-corrected chi connectivity index (χ1v) is 11.3. The number of rotatable bonds is 7. The normalized spacial score (nSPS) is 10.9.